The van der Waals surface area contributed by atoms with Crippen molar-refractivity contribution in [3.63, 3.8) is 0 Å². The van der Waals surface area contributed by atoms with Crippen LogP contribution >= 0.6 is 11.6 Å². The van der Waals surface area contributed by atoms with E-state index in [4.69, 9.17) is 11.6 Å². The Morgan fingerprint density at radius 2 is 2.00 bits per heavy atom. The Hall–Kier alpha value is -2.13. The molecule has 1 aromatic heterocycles. The molecule has 0 amide bonds. The molecule has 2 nitrogen and oxygen atoms in total. The minimum absolute atomic E-state index is 0.125. The standard InChI is InChI=1S/C16H12ClFN2/c17-14-2-1-3-15(16(14)18)20-9-11-4-5-13-10-19-7-6-12(13)8-11/h1-8,10,20H,9H2. The van der Waals surface area contributed by atoms with Crippen molar-refractivity contribution in [1.82, 2.24) is 4.98 Å². The molecule has 1 heterocycles. The lowest BCUT2D eigenvalue weighted by molar-refractivity contribution is 0.630. The lowest BCUT2D eigenvalue weighted by atomic mass is 10.1. The van der Waals surface area contributed by atoms with Crippen molar-refractivity contribution < 1.29 is 4.39 Å². The molecule has 0 aliphatic rings. The molecule has 2 aromatic carbocycles. The normalized spacial score (nSPS) is 10.7. The third-order valence-corrected chi connectivity index (χ3v) is 3.43. The number of nitrogens with zero attached hydrogens (tertiary/aromatic N) is 1. The molecule has 0 atom stereocenters. The summed E-state index contributed by atoms with van der Waals surface area (Å²) in [7, 11) is 0. The van der Waals surface area contributed by atoms with Gasteiger partial charge in [0.05, 0.1) is 10.7 Å². The zero-order valence-corrected chi connectivity index (χ0v) is 11.4. The second-order valence-corrected chi connectivity index (χ2v) is 4.92. The highest BCUT2D eigenvalue weighted by molar-refractivity contribution is 6.31. The first-order valence-corrected chi connectivity index (χ1v) is 6.62. The van der Waals surface area contributed by atoms with Crippen molar-refractivity contribution in [2.45, 2.75) is 6.54 Å². The summed E-state index contributed by atoms with van der Waals surface area (Å²) >= 11 is 5.75. The van der Waals surface area contributed by atoms with Crippen LogP contribution in [-0.2, 0) is 6.54 Å². The molecule has 0 saturated heterocycles. The zero-order valence-electron chi connectivity index (χ0n) is 10.6. The maximum absolute atomic E-state index is 13.8. The van der Waals surface area contributed by atoms with E-state index in [2.05, 4.69) is 16.4 Å². The Morgan fingerprint density at radius 1 is 1.10 bits per heavy atom. The van der Waals surface area contributed by atoms with E-state index in [0.29, 0.717) is 12.2 Å². The summed E-state index contributed by atoms with van der Waals surface area (Å²) < 4.78 is 13.8. The molecular formula is C16H12ClFN2. The first kappa shape index (κ1) is 12.9. The molecule has 0 spiro atoms. The topological polar surface area (TPSA) is 24.9 Å². The van der Waals surface area contributed by atoms with E-state index in [-0.39, 0.29) is 5.02 Å². The third-order valence-electron chi connectivity index (χ3n) is 3.14. The first-order chi connectivity index (χ1) is 9.74. The van der Waals surface area contributed by atoms with Crippen molar-refractivity contribution in [1.29, 1.82) is 0 Å². The summed E-state index contributed by atoms with van der Waals surface area (Å²) in [6.45, 7) is 0.537. The van der Waals surface area contributed by atoms with Crippen LogP contribution in [0.2, 0.25) is 5.02 Å². The van der Waals surface area contributed by atoms with E-state index < -0.39 is 5.82 Å². The Kier molecular flexibility index (Phi) is 3.52. The molecule has 0 fully saturated rings. The predicted molar refractivity (Wildman–Crippen MR) is 80.5 cm³/mol. The second kappa shape index (κ2) is 5.47. The number of aromatic nitrogens is 1. The molecule has 4 heteroatoms. The van der Waals surface area contributed by atoms with Gasteiger partial charge < -0.3 is 5.32 Å². The van der Waals surface area contributed by atoms with Gasteiger partial charge in [-0.3, -0.25) is 4.98 Å². The summed E-state index contributed by atoms with van der Waals surface area (Å²) in [5.74, 6) is -0.417. The number of hydrogen-bond acceptors (Lipinski definition) is 2. The maximum Gasteiger partial charge on any atom is 0.164 e. The van der Waals surface area contributed by atoms with E-state index >= 15 is 0 Å². The fraction of sp³-hybridized carbons (Fsp3) is 0.0625. The van der Waals surface area contributed by atoms with Gasteiger partial charge in [-0.05, 0) is 35.2 Å². The minimum Gasteiger partial charge on any atom is -0.379 e. The number of pyridine rings is 1. The molecule has 3 rings (SSSR count). The largest absolute Gasteiger partial charge is 0.379 e. The number of nitrogens with one attached hydrogen (secondary N) is 1. The molecule has 3 aromatic rings. The van der Waals surface area contributed by atoms with Crippen molar-refractivity contribution in [2.75, 3.05) is 5.32 Å². The van der Waals surface area contributed by atoms with Gasteiger partial charge in [-0.1, -0.05) is 29.8 Å². The van der Waals surface area contributed by atoms with Crippen LogP contribution in [0.25, 0.3) is 10.8 Å². The lowest BCUT2D eigenvalue weighted by Crippen LogP contribution is -2.01. The first-order valence-electron chi connectivity index (χ1n) is 6.24. The van der Waals surface area contributed by atoms with Crippen LogP contribution in [0.15, 0.2) is 54.9 Å². The molecule has 0 radical (unpaired) electrons. The van der Waals surface area contributed by atoms with Crippen LogP contribution in [0, 0.1) is 5.82 Å². The van der Waals surface area contributed by atoms with Crippen molar-refractivity contribution >= 4 is 28.1 Å². The fourth-order valence-electron chi connectivity index (χ4n) is 2.08. The average molecular weight is 287 g/mol. The summed E-state index contributed by atoms with van der Waals surface area (Å²) in [4.78, 5) is 4.08. The summed E-state index contributed by atoms with van der Waals surface area (Å²) in [6.07, 6.45) is 3.58. The van der Waals surface area contributed by atoms with Crippen molar-refractivity contribution in [2.24, 2.45) is 0 Å². The monoisotopic (exact) mass is 286 g/mol. The summed E-state index contributed by atoms with van der Waals surface area (Å²) in [5, 5.41) is 5.39. The number of fused-ring (bicyclic) bond motifs is 1. The SMILES string of the molecule is Fc1c(Cl)cccc1NCc1ccc2cnccc2c1. The van der Waals surface area contributed by atoms with Crippen molar-refractivity contribution in [3.8, 4) is 0 Å². The highest BCUT2D eigenvalue weighted by atomic mass is 35.5. The molecule has 0 aliphatic heterocycles. The van der Waals surface area contributed by atoms with E-state index in [1.807, 2.05) is 24.4 Å². The number of anilines is 1. The Bertz CT molecular complexity index is 758. The highest BCUT2D eigenvalue weighted by Crippen LogP contribution is 2.23. The molecule has 0 unspecified atom stereocenters. The summed E-state index contributed by atoms with van der Waals surface area (Å²) in [5.41, 5.74) is 1.48. The van der Waals surface area contributed by atoms with E-state index in [9.17, 15) is 4.39 Å². The third kappa shape index (κ3) is 2.58. The van der Waals surface area contributed by atoms with Crippen molar-refractivity contribution in [3.05, 3.63) is 71.3 Å². The van der Waals surface area contributed by atoms with Gasteiger partial charge in [0.1, 0.15) is 0 Å². The quantitative estimate of drug-likeness (QED) is 0.759. The highest BCUT2D eigenvalue weighted by Gasteiger charge is 2.05. The smallest absolute Gasteiger partial charge is 0.164 e. The number of rotatable bonds is 3. The van der Waals surface area contributed by atoms with Gasteiger partial charge in [0.15, 0.2) is 5.82 Å². The van der Waals surface area contributed by atoms with E-state index in [0.717, 1.165) is 16.3 Å². The number of benzene rings is 2. The maximum atomic E-state index is 13.8. The molecule has 1 N–H and O–H groups in total. The van der Waals surface area contributed by atoms with Gasteiger partial charge in [-0.15, -0.1) is 0 Å². The molecule has 0 aliphatic carbocycles. The van der Waals surface area contributed by atoms with Gasteiger partial charge >= 0.3 is 0 Å². The second-order valence-electron chi connectivity index (χ2n) is 4.51. The lowest BCUT2D eigenvalue weighted by Gasteiger charge is -2.09. The average Bonchev–Trinajstić information content (AvgIpc) is 2.48. The van der Waals surface area contributed by atoms with Gasteiger partial charge in [0.25, 0.3) is 0 Å². The number of hydrogen-bond donors (Lipinski definition) is 1. The summed E-state index contributed by atoms with van der Waals surface area (Å²) in [6, 6.07) is 13.0. The molecule has 100 valence electrons. The Labute approximate surface area is 121 Å². The van der Waals surface area contributed by atoms with Gasteiger partial charge in [-0.2, -0.15) is 0 Å². The van der Waals surface area contributed by atoms with Gasteiger partial charge in [0, 0.05) is 24.3 Å². The molecule has 0 saturated carbocycles. The van der Waals surface area contributed by atoms with Gasteiger partial charge in [0.2, 0.25) is 0 Å². The molecule has 0 bridgehead atoms. The van der Waals surface area contributed by atoms with Crippen LogP contribution in [0.3, 0.4) is 0 Å². The Balaban J connectivity index is 1.81. The van der Waals surface area contributed by atoms with E-state index in [1.165, 1.54) is 6.07 Å². The van der Waals surface area contributed by atoms with Gasteiger partial charge in [-0.25, -0.2) is 4.39 Å². The van der Waals surface area contributed by atoms with E-state index in [1.54, 1.807) is 18.3 Å². The van der Waals surface area contributed by atoms with Crippen LogP contribution in [-0.4, -0.2) is 4.98 Å². The van der Waals surface area contributed by atoms with Crippen LogP contribution in [0.4, 0.5) is 10.1 Å². The van der Waals surface area contributed by atoms with Crippen LogP contribution < -0.4 is 5.32 Å². The Morgan fingerprint density at radius 3 is 2.90 bits per heavy atom. The fourth-order valence-corrected chi connectivity index (χ4v) is 2.25. The van der Waals surface area contributed by atoms with Crippen LogP contribution in [0.1, 0.15) is 5.56 Å². The zero-order chi connectivity index (χ0) is 13.9. The minimum atomic E-state index is -0.417. The number of halogens is 2. The van der Waals surface area contributed by atoms with Crippen LogP contribution in [0.5, 0.6) is 0 Å². The predicted octanol–water partition coefficient (Wildman–Crippen LogP) is 4.64. The molecule has 20 heavy (non-hydrogen) atoms. The molecular weight excluding hydrogens is 275 g/mol.